The van der Waals surface area contributed by atoms with Crippen molar-refractivity contribution < 1.29 is 4.42 Å². The average Bonchev–Trinajstić information content (AvgIpc) is 3.67. The Bertz CT molecular complexity index is 2730. The van der Waals surface area contributed by atoms with Crippen LogP contribution < -0.4 is 4.90 Å². The highest BCUT2D eigenvalue weighted by atomic mass is 16.3. The molecule has 0 radical (unpaired) electrons. The van der Waals surface area contributed by atoms with Gasteiger partial charge in [-0.2, -0.15) is 0 Å². The van der Waals surface area contributed by atoms with Gasteiger partial charge in [0.15, 0.2) is 0 Å². The summed E-state index contributed by atoms with van der Waals surface area (Å²) in [4.78, 5) is 2.52. The summed E-state index contributed by atoms with van der Waals surface area (Å²) in [6, 6.07) is 53.9. The maximum atomic E-state index is 6.38. The number of para-hydroxylation sites is 2. The molecule has 0 N–H and O–H groups in total. The molecule has 7 aromatic carbocycles. The molecule has 252 valence electrons. The average molecular weight is 672 g/mol. The van der Waals surface area contributed by atoms with Crippen LogP contribution in [0.15, 0.2) is 150 Å². The number of hydrogen-bond donors (Lipinski definition) is 0. The van der Waals surface area contributed by atoms with Crippen molar-refractivity contribution in [1.29, 1.82) is 0 Å². The number of rotatable bonds is 4. The van der Waals surface area contributed by atoms with Gasteiger partial charge in [-0.25, -0.2) is 0 Å². The van der Waals surface area contributed by atoms with Gasteiger partial charge in [0.2, 0.25) is 0 Å². The molecule has 0 spiro atoms. The van der Waals surface area contributed by atoms with Gasteiger partial charge in [-0.1, -0.05) is 142 Å². The number of aryl methyl sites for hydroxylation is 1. The lowest BCUT2D eigenvalue weighted by molar-refractivity contribution is 0.544. The molecule has 2 heteroatoms. The fraction of sp³-hybridized carbons (Fsp3) is 0.160. The van der Waals surface area contributed by atoms with E-state index >= 15 is 0 Å². The van der Waals surface area contributed by atoms with Crippen LogP contribution >= 0.6 is 0 Å². The van der Waals surface area contributed by atoms with Crippen molar-refractivity contribution in [3.8, 4) is 33.4 Å². The Morgan fingerprint density at radius 1 is 0.519 bits per heavy atom. The van der Waals surface area contributed by atoms with Crippen LogP contribution in [0.25, 0.3) is 55.3 Å². The van der Waals surface area contributed by atoms with Gasteiger partial charge in [-0.05, 0) is 99.8 Å². The molecule has 1 aliphatic heterocycles. The summed E-state index contributed by atoms with van der Waals surface area (Å²) in [7, 11) is 0. The first-order valence-corrected chi connectivity index (χ1v) is 18.6. The van der Waals surface area contributed by atoms with Crippen molar-refractivity contribution in [3.05, 3.63) is 173 Å². The lowest BCUT2D eigenvalue weighted by Crippen LogP contribution is -2.33. The van der Waals surface area contributed by atoms with E-state index in [0.717, 1.165) is 39.5 Å². The van der Waals surface area contributed by atoms with Crippen molar-refractivity contribution in [2.45, 2.75) is 51.9 Å². The Morgan fingerprint density at radius 3 is 2.00 bits per heavy atom. The number of furan rings is 1. The Balaban J connectivity index is 1.10. The first-order valence-electron chi connectivity index (χ1n) is 18.6. The van der Waals surface area contributed by atoms with E-state index < -0.39 is 0 Å². The zero-order valence-electron chi connectivity index (χ0n) is 30.4. The number of anilines is 3. The van der Waals surface area contributed by atoms with E-state index in [1.807, 2.05) is 12.1 Å². The van der Waals surface area contributed by atoms with Gasteiger partial charge in [0.25, 0.3) is 0 Å². The van der Waals surface area contributed by atoms with Crippen LogP contribution in [0.3, 0.4) is 0 Å². The predicted molar refractivity (Wildman–Crippen MR) is 218 cm³/mol. The summed E-state index contributed by atoms with van der Waals surface area (Å²) in [6.45, 7) is 11.7. The van der Waals surface area contributed by atoms with Crippen molar-refractivity contribution >= 4 is 39.0 Å². The highest BCUT2D eigenvalue weighted by Gasteiger charge is 2.41. The molecule has 1 aromatic heterocycles. The van der Waals surface area contributed by atoms with E-state index in [0.29, 0.717) is 0 Å². The van der Waals surface area contributed by atoms with E-state index in [4.69, 9.17) is 4.42 Å². The van der Waals surface area contributed by atoms with Gasteiger partial charge >= 0.3 is 0 Å². The van der Waals surface area contributed by atoms with E-state index in [-0.39, 0.29) is 10.8 Å². The maximum absolute atomic E-state index is 6.38. The third-order valence-corrected chi connectivity index (χ3v) is 12.3. The first kappa shape index (κ1) is 30.9. The quantitative estimate of drug-likeness (QED) is 0.185. The van der Waals surface area contributed by atoms with Crippen molar-refractivity contribution in [3.63, 3.8) is 0 Å². The number of nitrogens with zero attached hydrogens (tertiary/aromatic N) is 1. The zero-order chi connectivity index (χ0) is 35.4. The Hall–Kier alpha value is -5.86. The zero-order valence-corrected chi connectivity index (χ0v) is 30.4. The standard InChI is InChI=1S/C50H41NO/c1-6-50(5)43-28-31(2)18-26-45(43)51(35-24-25-38-37-12-7-9-16-41(37)49(3,4)42(38)30-35)46-27-23-34(29-44(46)50)32-19-21-33(22-20-32)36-14-11-15-40-39-13-8-10-17-47(39)52-48(36)40/h7-30H,6H2,1-5H3. The molecule has 1 aliphatic carbocycles. The lowest BCUT2D eigenvalue weighted by Gasteiger charge is -2.44. The summed E-state index contributed by atoms with van der Waals surface area (Å²) in [6.07, 6.45) is 1.00. The molecule has 1 unspecified atom stereocenters. The summed E-state index contributed by atoms with van der Waals surface area (Å²) >= 11 is 0. The van der Waals surface area contributed by atoms with Crippen molar-refractivity contribution in [2.75, 3.05) is 4.90 Å². The van der Waals surface area contributed by atoms with Crippen LogP contribution in [0, 0.1) is 6.92 Å². The molecule has 2 nitrogen and oxygen atoms in total. The van der Waals surface area contributed by atoms with Crippen LogP contribution in [-0.2, 0) is 10.8 Å². The highest BCUT2D eigenvalue weighted by molar-refractivity contribution is 6.09. The summed E-state index contributed by atoms with van der Waals surface area (Å²) in [5.74, 6) is 0. The molecular formula is C50H41NO. The van der Waals surface area contributed by atoms with Gasteiger partial charge < -0.3 is 9.32 Å². The van der Waals surface area contributed by atoms with Crippen molar-refractivity contribution in [1.82, 2.24) is 0 Å². The second kappa shape index (κ2) is 11.1. The Morgan fingerprint density at radius 2 is 1.17 bits per heavy atom. The maximum Gasteiger partial charge on any atom is 0.143 e. The molecule has 2 heterocycles. The smallest absolute Gasteiger partial charge is 0.143 e. The summed E-state index contributed by atoms with van der Waals surface area (Å²) in [5, 5.41) is 2.31. The number of fused-ring (bicyclic) bond motifs is 8. The van der Waals surface area contributed by atoms with E-state index in [9.17, 15) is 0 Å². The monoisotopic (exact) mass is 671 g/mol. The SMILES string of the molecule is CCC1(C)c2cc(C)ccc2N(c2ccc3c(c2)C(C)(C)c2ccccc2-3)c2ccc(-c3ccc(-c4cccc5c4oc4ccccc45)cc3)cc21. The summed E-state index contributed by atoms with van der Waals surface area (Å²) < 4.78 is 6.38. The molecule has 10 rings (SSSR count). The van der Waals surface area contributed by atoms with Crippen LogP contribution in [0.1, 0.15) is 61.9 Å². The van der Waals surface area contributed by atoms with E-state index in [1.165, 1.54) is 67.1 Å². The van der Waals surface area contributed by atoms with Crippen LogP contribution in [0.5, 0.6) is 0 Å². The Kier molecular flexibility index (Phi) is 6.58. The topological polar surface area (TPSA) is 16.4 Å². The molecule has 52 heavy (non-hydrogen) atoms. The van der Waals surface area contributed by atoms with Gasteiger partial charge in [0.05, 0.1) is 11.4 Å². The molecule has 0 saturated heterocycles. The molecule has 1 atom stereocenters. The Labute approximate surface area is 306 Å². The van der Waals surface area contributed by atoms with Crippen LogP contribution in [0.4, 0.5) is 17.1 Å². The van der Waals surface area contributed by atoms with Crippen LogP contribution in [-0.4, -0.2) is 0 Å². The lowest BCUT2D eigenvalue weighted by atomic mass is 9.69. The summed E-state index contributed by atoms with van der Waals surface area (Å²) in [5.41, 5.74) is 19.6. The highest BCUT2D eigenvalue weighted by Crippen LogP contribution is 2.56. The van der Waals surface area contributed by atoms with Gasteiger partial charge in [-0.3, -0.25) is 0 Å². The minimum Gasteiger partial charge on any atom is -0.455 e. The molecule has 2 aliphatic rings. The third kappa shape index (κ3) is 4.30. The number of hydrogen-bond acceptors (Lipinski definition) is 2. The van der Waals surface area contributed by atoms with E-state index in [2.05, 4.69) is 173 Å². The molecule has 0 saturated carbocycles. The molecule has 0 amide bonds. The normalized spacial score (nSPS) is 16.8. The molecule has 0 bridgehead atoms. The largest absolute Gasteiger partial charge is 0.455 e. The second-order valence-electron chi connectivity index (χ2n) is 15.5. The fourth-order valence-corrected chi connectivity index (χ4v) is 9.22. The third-order valence-electron chi connectivity index (χ3n) is 12.3. The van der Waals surface area contributed by atoms with Crippen LogP contribution in [0.2, 0.25) is 0 Å². The first-order chi connectivity index (χ1) is 25.3. The van der Waals surface area contributed by atoms with Gasteiger partial charge in [-0.15, -0.1) is 0 Å². The van der Waals surface area contributed by atoms with Gasteiger partial charge in [0, 0.05) is 32.9 Å². The van der Waals surface area contributed by atoms with Gasteiger partial charge in [0.1, 0.15) is 11.2 Å². The minimum atomic E-state index is -0.147. The predicted octanol–water partition coefficient (Wildman–Crippen LogP) is 14.0. The van der Waals surface area contributed by atoms with Crippen molar-refractivity contribution in [2.24, 2.45) is 0 Å². The molecular weight excluding hydrogens is 631 g/mol. The molecule has 8 aromatic rings. The fourth-order valence-electron chi connectivity index (χ4n) is 9.22. The number of benzene rings is 7. The second-order valence-corrected chi connectivity index (χ2v) is 15.5. The minimum absolute atomic E-state index is 0.0689. The van der Waals surface area contributed by atoms with E-state index in [1.54, 1.807) is 0 Å². The molecule has 0 fully saturated rings.